The number of carbonyl (C=O) groups is 1. The number of pyridine rings is 1. The molecule has 2 aliphatic rings. The van der Waals surface area contributed by atoms with Gasteiger partial charge in [-0.3, -0.25) is 18.9 Å². The smallest absolute Gasteiger partial charge is 0.267 e. The molecule has 0 atom stereocenters. The summed E-state index contributed by atoms with van der Waals surface area (Å²) >= 11 is 6.51. The maximum atomic E-state index is 13.4. The third kappa shape index (κ3) is 3.73. The number of nitrogens with zero attached hydrogens (tertiary/aromatic N) is 4. The van der Waals surface area contributed by atoms with Gasteiger partial charge in [0.15, 0.2) is 0 Å². The average Bonchev–Trinajstić information content (AvgIpc) is 2.99. The quantitative estimate of drug-likeness (QED) is 0.420. The molecular formula is C20H20N4O3S2. The van der Waals surface area contributed by atoms with Gasteiger partial charge >= 0.3 is 0 Å². The van der Waals surface area contributed by atoms with Gasteiger partial charge in [-0.15, -0.1) is 6.58 Å². The van der Waals surface area contributed by atoms with Gasteiger partial charge in [-0.05, 0) is 24.6 Å². The third-order valence-electron chi connectivity index (χ3n) is 4.76. The first-order valence-corrected chi connectivity index (χ1v) is 10.4. The first-order chi connectivity index (χ1) is 14.0. The standard InChI is InChI=1S/C20H20N4O3S2/c1-3-6-23-19(26)15(29-20(23)28)11-14-17(22-7-9-27-10-8-22)21-16-5-4-13(2)12-24(16)18(14)25/h3-5,11-12H,1,6-10H2,2H3/b15-11+. The minimum absolute atomic E-state index is 0.214. The maximum Gasteiger partial charge on any atom is 0.267 e. The van der Waals surface area contributed by atoms with Crippen molar-refractivity contribution in [2.45, 2.75) is 6.92 Å². The Morgan fingerprint density at radius 3 is 2.79 bits per heavy atom. The summed E-state index contributed by atoms with van der Waals surface area (Å²) in [4.78, 5) is 34.8. The highest BCUT2D eigenvalue weighted by Crippen LogP contribution is 2.33. The van der Waals surface area contributed by atoms with Crippen molar-refractivity contribution >= 4 is 51.7 Å². The van der Waals surface area contributed by atoms with Gasteiger partial charge in [0, 0.05) is 25.8 Å². The van der Waals surface area contributed by atoms with E-state index in [1.165, 1.54) is 21.1 Å². The monoisotopic (exact) mass is 428 g/mol. The lowest BCUT2D eigenvalue weighted by Crippen LogP contribution is -2.38. The molecule has 29 heavy (non-hydrogen) atoms. The highest BCUT2D eigenvalue weighted by molar-refractivity contribution is 8.26. The van der Waals surface area contributed by atoms with E-state index in [0.29, 0.717) is 59.1 Å². The number of fused-ring (bicyclic) bond motifs is 1. The predicted octanol–water partition coefficient (Wildman–Crippen LogP) is 2.23. The van der Waals surface area contributed by atoms with Crippen molar-refractivity contribution in [1.82, 2.24) is 14.3 Å². The largest absolute Gasteiger partial charge is 0.378 e. The van der Waals surface area contributed by atoms with E-state index in [2.05, 4.69) is 6.58 Å². The Bertz CT molecular complexity index is 1100. The normalized spacial score (nSPS) is 18.9. The number of hydrogen-bond donors (Lipinski definition) is 0. The fourth-order valence-corrected chi connectivity index (χ4v) is 4.56. The number of aryl methyl sites for hydroxylation is 1. The van der Waals surface area contributed by atoms with Crippen LogP contribution < -0.4 is 10.5 Å². The number of thiocarbonyl (C=S) groups is 1. The molecule has 2 aliphatic heterocycles. The Labute approximate surface area is 177 Å². The number of aromatic nitrogens is 2. The second kappa shape index (κ2) is 8.10. The third-order valence-corrected chi connectivity index (χ3v) is 6.13. The van der Waals surface area contributed by atoms with Gasteiger partial charge in [-0.1, -0.05) is 36.1 Å². The van der Waals surface area contributed by atoms with Gasteiger partial charge in [0.05, 0.1) is 23.7 Å². The van der Waals surface area contributed by atoms with E-state index >= 15 is 0 Å². The Hall–Kier alpha value is -2.49. The molecule has 9 heteroatoms. The van der Waals surface area contributed by atoms with Crippen LogP contribution in [0, 0.1) is 6.92 Å². The fourth-order valence-electron chi connectivity index (χ4n) is 3.31. The highest BCUT2D eigenvalue weighted by atomic mass is 32.2. The van der Waals surface area contributed by atoms with E-state index in [-0.39, 0.29) is 11.5 Å². The second-order valence-electron chi connectivity index (χ2n) is 6.77. The van der Waals surface area contributed by atoms with Crippen molar-refractivity contribution in [2.24, 2.45) is 0 Å². The molecule has 0 aliphatic carbocycles. The zero-order valence-electron chi connectivity index (χ0n) is 16.0. The first kappa shape index (κ1) is 19.8. The van der Waals surface area contributed by atoms with E-state index in [1.54, 1.807) is 18.3 Å². The Morgan fingerprint density at radius 1 is 1.31 bits per heavy atom. The summed E-state index contributed by atoms with van der Waals surface area (Å²) in [6.45, 7) is 8.32. The minimum atomic E-state index is -0.221. The molecule has 0 unspecified atom stereocenters. The zero-order chi connectivity index (χ0) is 20.5. The molecule has 0 spiro atoms. The van der Waals surface area contributed by atoms with E-state index in [0.717, 1.165) is 5.56 Å². The van der Waals surface area contributed by atoms with Crippen LogP contribution in [0.4, 0.5) is 5.82 Å². The summed E-state index contributed by atoms with van der Waals surface area (Å²) in [5, 5.41) is 0. The van der Waals surface area contributed by atoms with Crippen LogP contribution >= 0.6 is 24.0 Å². The molecule has 2 fully saturated rings. The van der Waals surface area contributed by atoms with Gasteiger partial charge in [-0.2, -0.15) is 0 Å². The van der Waals surface area contributed by atoms with Crippen LogP contribution in [-0.4, -0.2) is 57.4 Å². The SMILES string of the molecule is C=CCN1C(=O)/C(=C\c2c(N3CCOCC3)nc3ccc(C)cn3c2=O)SC1=S. The van der Waals surface area contributed by atoms with Crippen molar-refractivity contribution in [1.29, 1.82) is 0 Å². The lowest BCUT2D eigenvalue weighted by atomic mass is 10.2. The Morgan fingerprint density at radius 2 is 2.07 bits per heavy atom. The molecule has 4 heterocycles. The molecule has 4 rings (SSSR count). The molecule has 2 saturated heterocycles. The number of thioether (sulfide) groups is 1. The number of rotatable bonds is 4. The molecule has 2 aromatic heterocycles. The predicted molar refractivity (Wildman–Crippen MR) is 119 cm³/mol. The topological polar surface area (TPSA) is 67.2 Å². The van der Waals surface area contributed by atoms with E-state index < -0.39 is 0 Å². The lowest BCUT2D eigenvalue weighted by molar-refractivity contribution is -0.121. The summed E-state index contributed by atoms with van der Waals surface area (Å²) in [5.74, 6) is 0.345. The van der Waals surface area contributed by atoms with E-state index in [4.69, 9.17) is 21.9 Å². The molecular weight excluding hydrogens is 408 g/mol. The van der Waals surface area contributed by atoms with Crippen LogP contribution in [0.2, 0.25) is 0 Å². The molecule has 2 aromatic rings. The van der Waals surface area contributed by atoms with Crippen LogP contribution in [-0.2, 0) is 9.53 Å². The van der Waals surface area contributed by atoms with Crippen molar-refractivity contribution in [3.8, 4) is 0 Å². The molecule has 0 saturated carbocycles. The average molecular weight is 429 g/mol. The summed E-state index contributed by atoms with van der Waals surface area (Å²) in [7, 11) is 0. The van der Waals surface area contributed by atoms with Crippen LogP contribution in [0.5, 0.6) is 0 Å². The first-order valence-electron chi connectivity index (χ1n) is 9.21. The number of hydrogen-bond acceptors (Lipinski definition) is 7. The molecule has 0 bridgehead atoms. The van der Waals surface area contributed by atoms with Crippen molar-refractivity contribution in [3.05, 3.63) is 57.4 Å². The second-order valence-corrected chi connectivity index (χ2v) is 8.45. The minimum Gasteiger partial charge on any atom is -0.378 e. The summed E-state index contributed by atoms with van der Waals surface area (Å²) in [5.41, 5.74) is 1.69. The number of morpholine rings is 1. The molecule has 0 N–H and O–H groups in total. The van der Waals surface area contributed by atoms with E-state index in [9.17, 15) is 9.59 Å². The van der Waals surface area contributed by atoms with Crippen molar-refractivity contribution in [3.63, 3.8) is 0 Å². The van der Waals surface area contributed by atoms with Crippen LogP contribution in [0.1, 0.15) is 11.1 Å². The molecule has 7 nitrogen and oxygen atoms in total. The number of carbonyl (C=O) groups excluding carboxylic acids is 1. The lowest BCUT2D eigenvalue weighted by Gasteiger charge is -2.29. The highest BCUT2D eigenvalue weighted by Gasteiger charge is 2.32. The van der Waals surface area contributed by atoms with Crippen molar-refractivity contribution < 1.29 is 9.53 Å². The summed E-state index contributed by atoms with van der Waals surface area (Å²) in [6.07, 6.45) is 5.01. The molecule has 0 aromatic carbocycles. The number of anilines is 1. The molecule has 1 amide bonds. The number of ether oxygens (including phenoxy) is 1. The van der Waals surface area contributed by atoms with Crippen LogP contribution in [0.3, 0.4) is 0 Å². The fraction of sp³-hybridized carbons (Fsp3) is 0.300. The zero-order valence-corrected chi connectivity index (χ0v) is 17.6. The Kier molecular flexibility index (Phi) is 5.53. The Balaban J connectivity index is 1.88. The molecule has 0 radical (unpaired) electrons. The number of amides is 1. The van der Waals surface area contributed by atoms with Gasteiger partial charge in [0.1, 0.15) is 15.8 Å². The molecule has 150 valence electrons. The maximum absolute atomic E-state index is 13.4. The van der Waals surface area contributed by atoms with Gasteiger partial charge in [0.25, 0.3) is 11.5 Å². The van der Waals surface area contributed by atoms with Gasteiger partial charge in [-0.25, -0.2) is 4.98 Å². The summed E-state index contributed by atoms with van der Waals surface area (Å²) in [6, 6.07) is 3.75. The van der Waals surface area contributed by atoms with E-state index in [1.807, 2.05) is 24.0 Å². The van der Waals surface area contributed by atoms with Crippen molar-refractivity contribution in [2.75, 3.05) is 37.7 Å². The van der Waals surface area contributed by atoms with Gasteiger partial charge < -0.3 is 9.64 Å². The van der Waals surface area contributed by atoms with Crippen LogP contribution in [0.15, 0.2) is 40.7 Å². The summed E-state index contributed by atoms with van der Waals surface area (Å²) < 4.78 is 7.42. The van der Waals surface area contributed by atoms with Gasteiger partial charge in [0.2, 0.25) is 0 Å². The van der Waals surface area contributed by atoms with Crippen LogP contribution in [0.25, 0.3) is 11.7 Å².